The molecule has 3 heteroatoms. The molecule has 3 nitrogen and oxygen atoms in total. The summed E-state index contributed by atoms with van der Waals surface area (Å²) in [4.78, 5) is 12.8. The molecule has 0 heterocycles. The average Bonchev–Trinajstić information content (AvgIpc) is 2.00. The Balaban J connectivity index is 4.08. The second kappa shape index (κ2) is 5.22. The number of aliphatic carboxylic acids is 1. The van der Waals surface area contributed by atoms with Crippen molar-refractivity contribution in [3.8, 4) is 0 Å². The van der Waals surface area contributed by atoms with Crippen molar-refractivity contribution in [2.24, 2.45) is 11.8 Å². The van der Waals surface area contributed by atoms with Gasteiger partial charge in [-0.2, -0.15) is 0 Å². The number of carboxylic acids is 1. The molecule has 0 aromatic heterocycles. The van der Waals surface area contributed by atoms with Gasteiger partial charge in [-0.1, -0.05) is 20.8 Å². The van der Waals surface area contributed by atoms with Crippen molar-refractivity contribution in [1.82, 2.24) is 4.90 Å². The van der Waals surface area contributed by atoms with Gasteiger partial charge in [-0.15, -0.1) is 0 Å². The molecule has 2 unspecified atom stereocenters. The number of rotatable bonds is 5. The van der Waals surface area contributed by atoms with Crippen molar-refractivity contribution >= 4 is 5.97 Å². The summed E-state index contributed by atoms with van der Waals surface area (Å²) < 4.78 is 0. The zero-order chi connectivity index (χ0) is 10.6. The van der Waals surface area contributed by atoms with E-state index in [0.717, 1.165) is 6.54 Å². The Morgan fingerprint density at radius 1 is 1.31 bits per heavy atom. The summed E-state index contributed by atoms with van der Waals surface area (Å²) in [6.45, 7) is 8.92. The minimum Gasteiger partial charge on any atom is -0.481 e. The normalized spacial score (nSPS) is 16.2. The molecule has 0 saturated heterocycles. The van der Waals surface area contributed by atoms with Gasteiger partial charge in [0.1, 0.15) is 0 Å². The lowest BCUT2D eigenvalue weighted by molar-refractivity contribution is -0.143. The number of nitrogens with zero attached hydrogens (tertiary/aromatic N) is 1. The molecule has 0 aliphatic heterocycles. The molecule has 0 aromatic rings. The van der Waals surface area contributed by atoms with E-state index in [9.17, 15) is 4.79 Å². The molecule has 0 aromatic carbocycles. The minimum absolute atomic E-state index is 0.0971. The van der Waals surface area contributed by atoms with Crippen LogP contribution in [0.2, 0.25) is 0 Å². The van der Waals surface area contributed by atoms with Crippen LogP contribution in [-0.2, 0) is 4.79 Å². The van der Waals surface area contributed by atoms with Gasteiger partial charge in [-0.3, -0.25) is 4.79 Å². The maximum atomic E-state index is 10.7. The average molecular weight is 187 g/mol. The fraction of sp³-hybridized carbons (Fsp3) is 0.900. The first-order valence-corrected chi connectivity index (χ1v) is 4.79. The molecule has 0 bridgehead atoms. The molecule has 0 aliphatic rings. The summed E-state index contributed by atoms with van der Waals surface area (Å²) >= 11 is 0. The molecule has 1 N–H and O–H groups in total. The van der Waals surface area contributed by atoms with Gasteiger partial charge in [0.05, 0.1) is 5.92 Å². The number of carboxylic acid groups (broad SMARTS) is 1. The summed E-state index contributed by atoms with van der Waals surface area (Å²) in [6, 6.07) is 0.0971. The molecule has 0 aliphatic carbocycles. The van der Waals surface area contributed by atoms with E-state index in [1.165, 1.54) is 0 Å². The standard InChI is InChI=1S/C10H21NO2/c1-7(2)6-11(5)9(4)8(3)10(12)13/h7-9H,6H2,1-5H3,(H,12,13). The lowest BCUT2D eigenvalue weighted by Gasteiger charge is -2.28. The van der Waals surface area contributed by atoms with Crippen molar-refractivity contribution in [3.63, 3.8) is 0 Å². The third kappa shape index (κ3) is 4.27. The quantitative estimate of drug-likeness (QED) is 0.712. The zero-order valence-electron chi connectivity index (χ0n) is 9.24. The van der Waals surface area contributed by atoms with Crippen molar-refractivity contribution < 1.29 is 9.90 Å². The molecule has 0 rings (SSSR count). The molecule has 0 fully saturated rings. The van der Waals surface area contributed by atoms with Crippen molar-refractivity contribution in [2.75, 3.05) is 13.6 Å². The molecule has 13 heavy (non-hydrogen) atoms. The third-order valence-corrected chi connectivity index (χ3v) is 2.46. The van der Waals surface area contributed by atoms with Crippen molar-refractivity contribution in [1.29, 1.82) is 0 Å². The van der Waals surface area contributed by atoms with E-state index in [-0.39, 0.29) is 12.0 Å². The summed E-state index contributed by atoms with van der Waals surface area (Å²) in [5, 5.41) is 8.81. The highest BCUT2D eigenvalue weighted by Gasteiger charge is 2.22. The minimum atomic E-state index is -0.719. The topological polar surface area (TPSA) is 40.5 Å². The van der Waals surface area contributed by atoms with Crippen LogP contribution in [0.4, 0.5) is 0 Å². The number of carbonyl (C=O) groups is 1. The fourth-order valence-electron chi connectivity index (χ4n) is 1.33. The van der Waals surface area contributed by atoms with Gasteiger partial charge in [0.2, 0.25) is 0 Å². The Bertz CT molecular complexity index is 168. The second-order valence-corrected chi connectivity index (χ2v) is 4.20. The summed E-state index contributed by atoms with van der Waals surface area (Å²) in [7, 11) is 1.98. The Labute approximate surface area is 80.7 Å². The lowest BCUT2D eigenvalue weighted by Crippen LogP contribution is -2.39. The maximum absolute atomic E-state index is 10.7. The van der Waals surface area contributed by atoms with Crippen LogP contribution >= 0.6 is 0 Å². The van der Waals surface area contributed by atoms with Crippen LogP contribution in [-0.4, -0.2) is 35.6 Å². The predicted molar refractivity (Wildman–Crippen MR) is 53.7 cm³/mol. The van der Waals surface area contributed by atoms with E-state index in [4.69, 9.17) is 5.11 Å². The van der Waals surface area contributed by atoms with Gasteiger partial charge in [0, 0.05) is 12.6 Å². The van der Waals surface area contributed by atoms with Crippen LogP contribution in [0.3, 0.4) is 0 Å². The zero-order valence-corrected chi connectivity index (χ0v) is 9.24. The molecule has 0 spiro atoms. The largest absolute Gasteiger partial charge is 0.481 e. The van der Waals surface area contributed by atoms with Gasteiger partial charge >= 0.3 is 5.97 Å². The van der Waals surface area contributed by atoms with E-state index in [1.807, 2.05) is 14.0 Å². The van der Waals surface area contributed by atoms with Crippen LogP contribution in [0.1, 0.15) is 27.7 Å². The van der Waals surface area contributed by atoms with E-state index >= 15 is 0 Å². The highest BCUT2D eigenvalue weighted by atomic mass is 16.4. The first-order chi connectivity index (χ1) is 5.86. The van der Waals surface area contributed by atoms with Gasteiger partial charge in [-0.25, -0.2) is 0 Å². The van der Waals surface area contributed by atoms with E-state index in [2.05, 4.69) is 18.7 Å². The fourth-order valence-corrected chi connectivity index (χ4v) is 1.33. The van der Waals surface area contributed by atoms with Gasteiger partial charge in [0.15, 0.2) is 0 Å². The van der Waals surface area contributed by atoms with E-state index in [1.54, 1.807) is 6.92 Å². The highest BCUT2D eigenvalue weighted by molar-refractivity contribution is 5.70. The summed E-state index contributed by atoms with van der Waals surface area (Å²) in [5.41, 5.74) is 0. The molecular weight excluding hydrogens is 166 g/mol. The number of hydrogen-bond acceptors (Lipinski definition) is 2. The molecular formula is C10H21NO2. The molecule has 2 atom stereocenters. The number of hydrogen-bond donors (Lipinski definition) is 1. The van der Waals surface area contributed by atoms with Gasteiger partial charge in [-0.05, 0) is 19.9 Å². The van der Waals surface area contributed by atoms with Crippen LogP contribution < -0.4 is 0 Å². The maximum Gasteiger partial charge on any atom is 0.307 e. The van der Waals surface area contributed by atoms with E-state index < -0.39 is 5.97 Å². The molecule has 0 saturated carbocycles. The van der Waals surface area contributed by atoms with Crippen molar-refractivity contribution in [3.05, 3.63) is 0 Å². The Morgan fingerprint density at radius 3 is 2.08 bits per heavy atom. The van der Waals surface area contributed by atoms with Crippen LogP contribution in [0.5, 0.6) is 0 Å². The second-order valence-electron chi connectivity index (χ2n) is 4.20. The smallest absolute Gasteiger partial charge is 0.307 e. The van der Waals surface area contributed by atoms with Gasteiger partial charge in [0.25, 0.3) is 0 Å². The lowest BCUT2D eigenvalue weighted by atomic mass is 10.0. The Kier molecular flexibility index (Phi) is 4.99. The van der Waals surface area contributed by atoms with Crippen LogP contribution in [0.15, 0.2) is 0 Å². The first-order valence-electron chi connectivity index (χ1n) is 4.79. The Morgan fingerprint density at radius 2 is 1.77 bits per heavy atom. The summed E-state index contributed by atoms with van der Waals surface area (Å²) in [6.07, 6.45) is 0. The Hall–Kier alpha value is -0.570. The predicted octanol–water partition coefficient (Wildman–Crippen LogP) is 1.68. The molecule has 0 radical (unpaired) electrons. The van der Waals surface area contributed by atoms with E-state index in [0.29, 0.717) is 5.92 Å². The first kappa shape index (κ1) is 12.4. The highest BCUT2D eigenvalue weighted by Crippen LogP contribution is 2.10. The van der Waals surface area contributed by atoms with Gasteiger partial charge < -0.3 is 10.0 Å². The molecule has 78 valence electrons. The SMILES string of the molecule is CC(C)CN(C)C(C)C(C)C(=O)O. The van der Waals surface area contributed by atoms with Crippen LogP contribution in [0.25, 0.3) is 0 Å². The molecule has 0 amide bonds. The van der Waals surface area contributed by atoms with Crippen molar-refractivity contribution in [2.45, 2.75) is 33.7 Å². The monoisotopic (exact) mass is 187 g/mol. The third-order valence-electron chi connectivity index (χ3n) is 2.46. The van der Waals surface area contributed by atoms with Crippen LogP contribution in [0, 0.1) is 11.8 Å². The summed E-state index contributed by atoms with van der Waals surface area (Å²) in [5.74, 6) is -0.444.